The predicted octanol–water partition coefficient (Wildman–Crippen LogP) is 2.30. The van der Waals surface area contributed by atoms with E-state index in [9.17, 15) is 5.11 Å². The van der Waals surface area contributed by atoms with Crippen LogP contribution >= 0.6 is 0 Å². The first-order chi connectivity index (χ1) is 5.25. The maximum atomic E-state index is 9.28. The molecule has 0 heterocycles. The van der Waals surface area contributed by atoms with Crippen molar-refractivity contribution in [3.8, 4) is 11.5 Å². The summed E-state index contributed by atoms with van der Waals surface area (Å²) in [5, 5.41) is 18.4. The molecule has 0 radical (unpaired) electrons. The molecule has 0 atom stereocenters. The topological polar surface area (TPSA) is 40.5 Å². The first-order valence-electron chi connectivity index (χ1n) is 3.75. The summed E-state index contributed by atoms with van der Waals surface area (Å²) in [5.41, 5.74) is 0.813. The van der Waals surface area contributed by atoms with Crippen molar-refractivity contribution >= 4 is 0 Å². The van der Waals surface area contributed by atoms with Crippen LogP contribution in [-0.2, 0) is 6.42 Å². The average Bonchev–Trinajstić information content (AvgIpc) is 1.99. The molecule has 0 unspecified atom stereocenters. The molecule has 1 rings (SSSR count). The lowest BCUT2D eigenvalue weighted by Crippen LogP contribution is -1.83. The number of benzene rings is 1. The highest BCUT2D eigenvalue weighted by atomic mass is 16.3. The van der Waals surface area contributed by atoms with Crippen molar-refractivity contribution in [2.75, 3.05) is 0 Å². The van der Waals surface area contributed by atoms with Crippen LogP contribution in [0.4, 0.5) is 0 Å². The maximum Gasteiger partial charge on any atom is 0.160 e. The van der Waals surface area contributed by atoms with E-state index in [0.29, 0.717) is 0 Å². The SMILES string of the molecule is CCCc1cccc(O)c1O.[HH]. The molecule has 2 nitrogen and oxygen atoms in total. The Balaban J connectivity index is 0.00000121. The summed E-state index contributed by atoms with van der Waals surface area (Å²) in [6.07, 6.45) is 1.78. The van der Waals surface area contributed by atoms with E-state index in [1.807, 2.05) is 13.0 Å². The van der Waals surface area contributed by atoms with Crippen LogP contribution in [0.15, 0.2) is 18.2 Å². The number of aryl methyl sites for hydroxylation is 1. The van der Waals surface area contributed by atoms with Gasteiger partial charge in [0.2, 0.25) is 0 Å². The summed E-state index contributed by atoms with van der Waals surface area (Å²) >= 11 is 0. The average molecular weight is 154 g/mol. The minimum Gasteiger partial charge on any atom is -0.504 e. The molecule has 2 N–H and O–H groups in total. The van der Waals surface area contributed by atoms with Crippen molar-refractivity contribution in [3.63, 3.8) is 0 Å². The van der Waals surface area contributed by atoms with Crippen molar-refractivity contribution in [2.24, 2.45) is 0 Å². The molecule has 11 heavy (non-hydrogen) atoms. The van der Waals surface area contributed by atoms with Gasteiger partial charge in [-0.15, -0.1) is 0 Å². The van der Waals surface area contributed by atoms with Crippen molar-refractivity contribution in [1.82, 2.24) is 0 Å². The number of hydrogen-bond donors (Lipinski definition) is 2. The Hall–Kier alpha value is -1.18. The van der Waals surface area contributed by atoms with Gasteiger partial charge in [-0.3, -0.25) is 0 Å². The van der Waals surface area contributed by atoms with Gasteiger partial charge in [0.05, 0.1) is 0 Å². The van der Waals surface area contributed by atoms with E-state index >= 15 is 0 Å². The Morgan fingerprint density at radius 1 is 1.36 bits per heavy atom. The van der Waals surface area contributed by atoms with Gasteiger partial charge >= 0.3 is 0 Å². The fourth-order valence-corrected chi connectivity index (χ4v) is 1.05. The number of hydrogen-bond acceptors (Lipinski definition) is 2. The fraction of sp³-hybridized carbons (Fsp3) is 0.333. The minimum absolute atomic E-state index is 0. The number of phenols is 2. The van der Waals surface area contributed by atoms with Crippen molar-refractivity contribution in [1.29, 1.82) is 0 Å². The molecule has 0 aliphatic carbocycles. The van der Waals surface area contributed by atoms with Crippen LogP contribution in [0.2, 0.25) is 0 Å². The molecule has 0 aliphatic rings. The van der Waals surface area contributed by atoms with E-state index in [4.69, 9.17) is 5.11 Å². The van der Waals surface area contributed by atoms with Gasteiger partial charge in [0, 0.05) is 1.43 Å². The molecule has 0 saturated carbocycles. The Morgan fingerprint density at radius 3 is 2.73 bits per heavy atom. The normalized spacial score (nSPS) is 9.91. The molecule has 2 heteroatoms. The number of para-hydroxylation sites is 1. The standard InChI is InChI=1S/C9H12O2.H2/c1-2-4-7-5-3-6-8(10)9(7)11;/h3,5-6,10-11H,2,4H2,1H3;1H. The van der Waals surface area contributed by atoms with E-state index < -0.39 is 0 Å². The van der Waals surface area contributed by atoms with Crippen LogP contribution in [-0.4, -0.2) is 10.2 Å². The highest BCUT2D eigenvalue weighted by Crippen LogP contribution is 2.28. The third-order valence-electron chi connectivity index (χ3n) is 1.62. The zero-order valence-corrected chi connectivity index (χ0v) is 6.54. The zero-order chi connectivity index (χ0) is 8.27. The van der Waals surface area contributed by atoms with Gasteiger partial charge < -0.3 is 10.2 Å². The molecule has 0 amide bonds. The van der Waals surface area contributed by atoms with E-state index in [0.717, 1.165) is 18.4 Å². The molecule has 1 aromatic rings. The second-order valence-corrected chi connectivity index (χ2v) is 2.53. The van der Waals surface area contributed by atoms with Gasteiger partial charge in [-0.05, 0) is 18.1 Å². The van der Waals surface area contributed by atoms with Gasteiger partial charge in [0.15, 0.2) is 11.5 Å². The quantitative estimate of drug-likeness (QED) is 0.641. The summed E-state index contributed by atoms with van der Waals surface area (Å²) in [4.78, 5) is 0. The van der Waals surface area contributed by atoms with Crippen LogP contribution in [0.1, 0.15) is 20.3 Å². The van der Waals surface area contributed by atoms with E-state index in [2.05, 4.69) is 0 Å². The van der Waals surface area contributed by atoms with Crippen LogP contribution in [0.5, 0.6) is 11.5 Å². The molecule has 0 aliphatic heterocycles. The van der Waals surface area contributed by atoms with Crippen LogP contribution in [0, 0.1) is 0 Å². The summed E-state index contributed by atoms with van der Waals surface area (Å²) in [6.45, 7) is 2.03. The largest absolute Gasteiger partial charge is 0.504 e. The minimum atomic E-state index is -0.0315. The third kappa shape index (κ3) is 1.64. The summed E-state index contributed by atoms with van der Waals surface area (Å²) in [7, 11) is 0. The third-order valence-corrected chi connectivity index (χ3v) is 1.62. The number of rotatable bonds is 2. The lowest BCUT2D eigenvalue weighted by atomic mass is 10.1. The number of phenolic OH excluding ortho intramolecular Hbond substituents is 2. The molecule has 1 aromatic carbocycles. The first-order valence-corrected chi connectivity index (χ1v) is 3.75. The number of aromatic hydroxyl groups is 2. The fourth-order valence-electron chi connectivity index (χ4n) is 1.05. The zero-order valence-electron chi connectivity index (χ0n) is 6.54. The highest BCUT2D eigenvalue weighted by Gasteiger charge is 2.02. The lowest BCUT2D eigenvalue weighted by molar-refractivity contribution is 0.399. The van der Waals surface area contributed by atoms with E-state index in [1.54, 1.807) is 6.07 Å². The van der Waals surface area contributed by atoms with Crippen LogP contribution in [0.25, 0.3) is 0 Å². The molecule has 0 aromatic heterocycles. The van der Waals surface area contributed by atoms with Gasteiger partial charge in [0.25, 0.3) is 0 Å². The second-order valence-electron chi connectivity index (χ2n) is 2.53. The lowest BCUT2D eigenvalue weighted by Gasteiger charge is -2.03. The molecule has 0 bridgehead atoms. The predicted molar refractivity (Wildman–Crippen MR) is 45.9 cm³/mol. The Kier molecular flexibility index (Phi) is 2.36. The van der Waals surface area contributed by atoms with Crippen LogP contribution in [0.3, 0.4) is 0 Å². The van der Waals surface area contributed by atoms with Crippen molar-refractivity contribution in [3.05, 3.63) is 23.8 Å². The maximum absolute atomic E-state index is 9.28. The molecule has 0 spiro atoms. The highest BCUT2D eigenvalue weighted by molar-refractivity contribution is 5.44. The Bertz CT molecular complexity index is 248. The molecule has 0 saturated heterocycles. The van der Waals surface area contributed by atoms with Gasteiger partial charge in [-0.25, -0.2) is 0 Å². The Morgan fingerprint density at radius 2 is 2.09 bits per heavy atom. The van der Waals surface area contributed by atoms with Crippen molar-refractivity contribution < 1.29 is 11.6 Å². The monoisotopic (exact) mass is 154 g/mol. The molecule has 62 valence electrons. The van der Waals surface area contributed by atoms with Gasteiger partial charge in [0.1, 0.15) is 0 Å². The molecular weight excluding hydrogens is 140 g/mol. The van der Waals surface area contributed by atoms with Crippen LogP contribution < -0.4 is 0 Å². The van der Waals surface area contributed by atoms with Gasteiger partial charge in [-0.2, -0.15) is 0 Å². The molecular formula is C9H14O2. The smallest absolute Gasteiger partial charge is 0.160 e. The summed E-state index contributed by atoms with van der Waals surface area (Å²) in [6, 6.07) is 5.03. The van der Waals surface area contributed by atoms with Gasteiger partial charge in [-0.1, -0.05) is 25.5 Å². The Labute approximate surface area is 67.6 Å². The van der Waals surface area contributed by atoms with E-state index in [-0.39, 0.29) is 12.9 Å². The summed E-state index contributed by atoms with van der Waals surface area (Å²) in [5.74, 6) is -0.00898. The summed E-state index contributed by atoms with van der Waals surface area (Å²) < 4.78 is 0. The first kappa shape index (κ1) is 7.92. The van der Waals surface area contributed by atoms with E-state index in [1.165, 1.54) is 6.07 Å². The van der Waals surface area contributed by atoms with Crippen molar-refractivity contribution in [2.45, 2.75) is 19.8 Å². The second kappa shape index (κ2) is 3.28. The molecule has 0 fully saturated rings.